The summed E-state index contributed by atoms with van der Waals surface area (Å²) in [5.74, 6) is -5.05. The summed E-state index contributed by atoms with van der Waals surface area (Å²) in [6.07, 6.45) is -0.439. The molecular formula is C20H19F3N2O2. The van der Waals surface area contributed by atoms with Crippen molar-refractivity contribution in [3.05, 3.63) is 65.0 Å². The van der Waals surface area contributed by atoms with Gasteiger partial charge in [-0.2, -0.15) is 0 Å². The van der Waals surface area contributed by atoms with E-state index in [-0.39, 0.29) is 24.1 Å². The van der Waals surface area contributed by atoms with Crippen LogP contribution in [0.5, 0.6) is 0 Å². The summed E-state index contributed by atoms with van der Waals surface area (Å²) in [4.78, 5) is 28.0. The highest BCUT2D eigenvalue weighted by molar-refractivity contribution is 5.98. The van der Waals surface area contributed by atoms with Gasteiger partial charge in [-0.15, -0.1) is 0 Å². The SMILES string of the molecule is Cc1ccc(N2C[C@H](C)N(C(=O)Cc3ccc(F)c(F)c3F)CC2=O)cc1. The summed E-state index contributed by atoms with van der Waals surface area (Å²) in [5, 5.41) is 0. The molecule has 0 bridgehead atoms. The molecule has 0 radical (unpaired) electrons. The number of aryl methyl sites for hydroxylation is 1. The van der Waals surface area contributed by atoms with Crippen molar-refractivity contribution in [2.45, 2.75) is 26.3 Å². The summed E-state index contributed by atoms with van der Waals surface area (Å²) in [6, 6.07) is 9.01. The number of carbonyl (C=O) groups is 2. The van der Waals surface area contributed by atoms with Gasteiger partial charge >= 0.3 is 0 Å². The Labute approximate surface area is 155 Å². The second-order valence-corrected chi connectivity index (χ2v) is 6.72. The molecule has 7 heteroatoms. The lowest BCUT2D eigenvalue weighted by molar-refractivity contribution is -0.138. The second-order valence-electron chi connectivity index (χ2n) is 6.72. The smallest absolute Gasteiger partial charge is 0.246 e. The van der Waals surface area contributed by atoms with Gasteiger partial charge in [-0.05, 0) is 32.0 Å². The Bertz CT molecular complexity index is 884. The van der Waals surface area contributed by atoms with E-state index in [2.05, 4.69) is 0 Å². The third kappa shape index (κ3) is 3.82. The van der Waals surface area contributed by atoms with Gasteiger partial charge in [-0.3, -0.25) is 9.59 Å². The van der Waals surface area contributed by atoms with Crippen LogP contribution in [0.15, 0.2) is 36.4 Å². The minimum atomic E-state index is -1.60. The van der Waals surface area contributed by atoms with E-state index in [1.165, 1.54) is 4.90 Å². The first-order valence-corrected chi connectivity index (χ1v) is 8.56. The standard InChI is InChI=1S/C20H19F3N2O2/c1-12-3-6-15(7-4-12)25-10-13(2)24(11-18(25)27)17(26)9-14-5-8-16(21)20(23)19(14)22/h3-8,13H,9-11H2,1-2H3/t13-/m0/s1. The summed E-state index contributed by atoms with van der Waals surface area (Å²) >= 11 is 0. The van der Waals surface area contributed by atoms with E-state index in [1.54, 1.807) is 11.8 Å². The van der Waals surface area contributed by atoms with Gasteiger partial charge in [0.2, 0.25) is 11.8 Å². The van der Waals surface area contributed by atoms with E-state index < -0.39 is 29.8 Å². The summed E-state index contributed by atoms with van der Waals surface area (Å²) in [6.45, 7) is 3.88. The van der Waals surface area contributed by atoms with Crippen LogP contribution in [0.25, 0.3) is 0 Å². The molecule has 2 aromatic rings. The molecule has 0 saturated carbocycles. The number of piperazine rings is 1. The Morgan fingerprint density at radius 2 is 1.74 bits per heavy atom. The van der Waals surface area contributed by atoms with Crippen LogP contribution in [0.3, 0.4) is 0 Å². The lowest BCUT2D eigenvalue weighted by Gasteiger charge is -2.39. The van der Waals surface area contributed by atoms with E-state index in [4.69, 9.17) is 0 Å². The second kappa shape index (κ2) is 7.42. The van der Waals surface area contributed by atoms with Crippen LogP contribution in [0.2, 0.25) is 0 Å². The van der Waals surface area contributed by atoms with E-state index in [0.717, 1.165) is 23.4 Å². The number of amides is 2. The van der Waals surface area contributed by atoms with Crippen molar-refractivity contribution in [3.8, 4) is 0 Å². The number of carbonyl (C=O) groups excluding carboxylic acids is 2. The minimum Gasteiger partial charge on any atom is -0.329 e. The number of rotatable bonds is 3. The van der Waals surface area contributed by atoms with Crippen molar-refractivity contribution >= 4 is 17.5 Å². The summed E-state index contributed by atoms with van der Waals surface area (Å²) < 4.78 is 40.2. The monoisotopic (exact) mass is 376 g/mol. The third-order valence-corrected chi connectivity index (χ3v) is 4.71. The number of nitrogens with zero attached hydrogens (tertiary/aromatic N) is 2. The van der Waals surface area contributed by atoms with Crippen LogP contribution in [0.1, 0.15) is 18.1 Å². The maximum Gasteiger partial charge on any atom is 0.246 e. The first-order valence-electron chi connectivity index (χ1n) is 8.56. The number of hydrogen-bond donors (Lipinski definition) is 0. The highest BCUT2D eigenvalue weighted by Gasteiger charge is 2.33. The molecule has 0 N–H and O–H groups in total. The Kier molecular flexibility index (Phi) is 5.21. The van der Waals surface area contributed by atoms with Crippen LogP contribution >= 0.6 is 0 Å². The molecule has 4 nitrogen and oxygen atoms in total. The van der Waals surface area contributed by atoms with Crippen molar-refractivity contribution in [2.75, 3.05) is 18.0 Å². The summed E-state index contributed by atoms with van der Waals surface area (Å²) in [5.41, 5.74) is 1.58. The molecule has 0 aromatic heterocycles. The molecule has 0 spiro atoms. The topological polar surface area (TPSA) is 40.6 Å². The van der Waals surface area contributed by atoms with Crippen molar-refractivity contribution < 1.29 is 22.8 Å². The molecule has 1 aliphatic heterocycles. The van der Waals surface area contributed by atoms with E-state index in [0.29, 0.717) is 6.54 Å². The molecule has 2 amide bonds. The zero-order valence-electron chi connectivity index (χ0n) is 15.0. The molecule has 1 atom stereocenters. The molecule has 1 saturated heterocycles. The predicted molar refractivity (Wildman–Crippen MR) is 94.7 cm³/mol. The number of hydrogen-bond acceptors (Lipinski definition) is 2. The van der Waals surface area contributed by atoms with Gasteiger partial charge in [-0.1, -0.05) is 23.8 Å². The first kappa shape index (κ1) is 18.9. The van der Waals surface area contributed by atoms with Crippen molar-refractivity contribution in [1.29, 1.82) is 0 Å². The zero-order chi connectivity index (χ0) is 19.7. The molecule has 1 heterocycles. The number of halogens is 3. The highest BCUT2D eigenvalue weighted by atomic mass is 19.2. The third-order valence-electron chi connectivity index (χ3n) is 4.71. The van der Waals surface area contributed by atoms with Crippen molar-refractivity contribution in [2.24, 2.45) is 0 Å². The van der Waals surface area contributed by atoms with Gasteiger partial charge in [0, 0.05) is 23.8 Å². The predicted octanol–water partition coefficient (Wildman–Crippen LogP) is 3.22. The molecule has 27 heavy (non-hydrogen) atoms. The Hall–Kier alpha value is -2.83. The van der Waals surface area contributed by atoms with Crippen LogP contribution in [0, 0.1) is 24.4 Å². The van der Waals surface area contributed by atoms with E-state index in [1.807, 2.05) is 31.2 Å². The molecule has 3 rings (SSSR count). The molecular weight excluding hydrogens is 357 g/mol. The normalized spacial score (nSPS) is 17.4. The van der Waals surface area contributed by atoms with Crippen LogP contribution in [-0.4, -0.2) is 35.8 Å². The van der Waals surface area contributed by atoms with Crippen molar-refractivity contribution in [1.82, 2.24) is 4.90 Å². The van der Waals surface area contributed by atoms with E-state index in [9.17, 15) is 22.8 Å². The minimum absolute atomic E-state index is 0.154. The van der Waals surface area contributed by atoms with E-state index >= 15 is 0 Å². The van der Waals surface area contributed by atoms with Gasteiger partial charge in [0.15, 0.2) is 17.5 Å². The van der Waals surface area contributed by atoms with Gasteiger partial charge in [0.25, 0.3) is 0 Å². The maximum absolute atomic E-state index is 13.8. The first-order chi connectivity index (χ1) is 12.8. The summed E-state index contributed by atoms with van der Waals surface area (Å²) in [7, 11) is 0. The molecule has 2 aromatic carbocycles. The number of benzene rings is 2. The maximum atomic E-state index is 13.8. The fourth-order valence-corrected chi connectivity index (χ4v) is 3.13. The fraction of sp³-hybridized carbons (Fsp3) is 0.300. The van der Waals surface area contributed by atoms with Crippen molar-refractivity contribution in [3.63, 3.8) is 0 Å². The molecule has 0 aliphatic carbocycles. The molecule has 0 unspecified atom stereocenters. The van der Waals surface area contributed by atoms with Gasteiger partial charge in [-0.25, -0.2) is 13.2 Å². The van der Waals surface area contributed by atoms with Gasteiger partial charge < -0.3 is 9.80 Å². The van der Waals surface area contributed by atoms with Crippen LogP contribution in [-0.2, 0) is 16.0 Å². The number of anilines is 1. The Morgan fingerprint density at radius 1 is 1.07 bits per heavy atom. The lowest BCUT2D eigenvalue weighted by atomic mass is 10.1. The quantitative estimate of drug-likeness (QED) is 0.772. The lowest BCUT2D eigenvalue weighted by Crippen LogP contribution is -2.57. The average molecular weight is 376 g/mol. The molecule has 142 valence electrons. The zero-order valence-corrected chi connectivity index (χ0v) is 15.0. The molecule has 1 fully saturated rings. The highest BCUT2D eigenvalue weighted by Crippen LogP contribution is 2.22. The Balaban J connectivity index is 1.73. The average Bonchev–Trinajstić information content (AvgIpc) is 2.64. The van der Waals surface area contributed by atoms with Gasteiger partial charge in [0.1, 0.15) is 6.54 Å². The van der Waals surface area contributed by atoms with Crippen LogP contribution in [0.4, 0.5) is 18.9 Å². The Morgan fingerprint density at radius 3 is 2.41 bits per heavy atom. The largest absolute Gasteiger partial charge is 0.329 e. The molecule has 1 aliphatic rings. The fourth-order valence-electron chi connectivity index (χ4n) is 3.13. The van der Waals surface area contributed by atoms with Crippen LogP contribution < -0.4 is 4.90 Å². The van der Waals surface area contributed by atoms with Gasteiger partial charge in [0.05, 0.1) is 6.42 Å².